The molecule has 1 atom stereocenters. The lowest BCUT2D eigenvalue weighted by Crippen LogP contribution is -2.29. The van der Waals surface area contributed by atoms with Crippen LogP contribution >= 0.6 is 0 Å². The summed E-state index contributed by atoms with van der Waals surface area (Å²) in [5.41, 5.74) is 1.17. The lowest BCUT2D eigenvalue weighted by Gasteiger charge is -2.13. The minimum atomic E-state index is -0.992. The quantitative estimate of drug-likeness (QED) is 0.741. The number of nitrogens with one attached hydrogen (secondary N) is 2. The number of H-pyrrole nitrogens is 1. The van der Waals surface area contributed by atoms with E-state index < -0.39 is 5.97 Å². The molecule has 0 aliphatic carbocycles. The highest BCUT2D eigenvalue weighted by atomic mass is 16.4. The van der Waals surface area contributed by atoms with Gasteiger partial charge in [-0.15, -0.1) is 0 Å². The average molecular weight is 262 g/mol. The molecule has 100 valence electrons. The zero-order chi connectivity index (χ0) is 13.8. The summed E-state index contributed by atoms with van der Waals surface area (Å²) in [6, 6.07) is 3.01. The lowest BCUT2D eigenvalue weighted by atomic mass is 10.2. The van der Waals surface area contributed by atoms with Gasteiger partial charge in [0, 0.05) is 18.0 Å². The molecule has 2 aromatic rings. The number of carboxylic acid groups (broad SMARTS) is 1. The topological polar surface area (TPSA) is 100 Å². The molecule has 2 rings (SSSR count). The lowest BCUT2D eigenvalue weighted by molar-refractivity contribution is -0.137. The van der Waals surface area contributed by atoms with E-state index in [2.05, 4.69) is 15.5 Å². The molecule has 0 aliphatic rings. The van der Waals surface area contributed by atoms with Crippen molar-refractivity contribution >= 4 is 11.9 Å². The molecule has 1 amide bonds. The van der Waals surface area contributed by atoms with Crippen LogP contribution in [-0.4, -0.2) is 31.7 Å². The standard InChI is InChI=1S/C12H14N4O3/c1-8(9-5-13-14-6-9)15-12(19)10-3-2-4-16(10)7-11(17)18/h2-6,8H,7H2,1H3,(H,13,14)(H,15,19)(H,17,18). The number of carbonyl (C=O) groups excluding carboxylic acids is 1. The van der Waals surface area contributed by atoms with E-state index in [0.29, 0.717) is 5.69 Å². The van der Waals surface area contributed by atoms with Crippen molar-refractivity contribution in [2.45, 2.75) is 19.5 Å². The van der Waals surface area contributed by atoms with E-state index in [-0.39, 0.29) is 18.5 Å². The molecule has 1 unspecified atom stereocenters. The van der Waals surface area contributed by atoms with Crippen molar-refractivity contribution in [2.75, 3.05) is 0 Å². The molecule has 0 saturated carbocycles. The Kier molecular flexibility index (Phi) is 3.65. The van der Waals surface area contributed by atoms with Crippen molar-refractivity contribution in [1.29, 1.82) is 0 Å². The van der Waals surface area contributed by atoms with Crippen molar-refractivity contribution in [2.24, 2.45) is 0 Å². The number of amides is 1. The molecule has 0 radical (unpaired) electrons. The Balaban J connectivity index is 2.08. The third-order valence-electron chi connectivity index (χ3n) is 2.73. The second-order valence-electron chi connectivity index (χ2n) is 4.14. The first-order chi connectivity index (χ1) is 9.08. The molecule has 3 N–H and O–H groups in total. The Morgan fingerprint density at radius 1 is 1.58 bits per heavy atom. The summed E-state index contributed by atoms with van der Waals surface area (Å²) in [7, 11) is 0. The monoisotopic (exact) mass is 262 g/mol. The van der Waals surface area contributed by atoms with E-state index in [0.717, 1.165) is 5.56 Å². The van der Waals surface area contributed by atoms with Crippen LogP contribution in [0.3, 0.4) is 0 Å². The van der Waals surface area contributed by atoms with Gasteiger partial charge in [-0.3, -0.25) is 14.7 Å². The Morgan fingerprint density at radius 2 is 2.37 bits per heavy atom. The first-order valence-corrected chi connectivity index (χ1v) is 5.74. The molecular formula is C12H14N4O3. The highest BCUT2D eigenvalue weighted by molar-refractivity contribution is 5.93. The fourth-order valence-corrected chi connectivity index (χ4v) is 1.76. The van der Waals surface area contributed by atoms with Crippen LogP contribution in [0.1, 0.15) is 29.0 Å². The van der Waals surface area contributed by atoms with E-state index in [4.69, 9.17) is 5.11 Å². The van der Waals surface area contributed by atoms with Gasteiger partial charge >= 0.3 is 5.97 Å². The Bertz CT molecular complexity index is 574. The predicted molar refractivity (Wildman–Crippen MR) is 66.5 cm³/mol. The van der Waals surface area contributed by atoms with E-state index in [1.807, 2.05) is 6.92 Å². The first-order valence-electron chi connectivity index (χ1n) is 5.74. The maximum absolute atomic E-state index is 12.1. The third-order valence-corrected chi connectivity index (χ3v) is 2.73. The van der Waals surface area contributed by atoms with Crippen LogP contribution in [0.2, 0.25) is 0 Å². The average Bonchev–Trinajstić information content (AvgIpc) is 2.97. The molecule has 0 spiro atoms. The number of hydrogen-bond donors (Lipinski definition) is 3. The molecule has 7 heteroatoms. The molecule has 0 aromatic carbocycles. The highest BCUT2D eigenvalue weighted by Crippen LogP contribution is 2.11. The SMILES string of the molecule is CC(NC(=O)c1cccn1CC(=O)O)c1cn[nH]c1. The molecular weight excluding hydrogens is 248 g/mol. The number of carbonyl (C=O) groups is 2. The molecule has 7 nitrogen and oxygen atoms in total. The molecule has 0 bridgehead atoms. The maximum atomic E-state index is 12.1. The van der Waals surface area contributed by atoms with E-state index in [1.54, 1.807) is 30.7 Å². The Labute approximate surface area is 109 Å². The zero-order valence-electron chi connectivity index (χ0n) is 10.3. The summed E-state index contributed by atoms with van der Waals surface area (Å²) in [5.74, 6) is -1.31. The Hall–Kier alpha value is -2.57. The molecule has 0 saturated heterocycles. The van der Waals surface area contributed by atoms with Gasteiger partial charge in [0.15, 0.2) is 0 Å². The van der Waals surface area contributed by atoms with Crippen LogP contribution in [0.25, 0.3) is 0 Å². The molecule has 19 heavy (non-hydrogen) atoms. The van der Waals surface area contributed by atoms with Crippen molar-refractivity contribution < 1.29 is 14.7 Å². The zero-order valence-corrected chi connectivity index (χ0v) is 10.3. The number of nitrogens with zero attached hydrogens (tertiary/aromatic N) is 2. The predicted octanol–water partition coefficient (Wildman–Crippen LogP) is 0.787. The number of rotatable bonds is 5. The smallest absolute Gasteiger partial charge is 0.323 e. The van der Waals surface area contributed by atoms with Gasteiger partial charge in [-0.1, -0.05) is 0 Å². The molecule has 0 fully saturated rings. The second kappa shape index (κ2) is 5.38. The van der Waals surface area contributed by atoms with E-state index in [1.165, 1.54) is 4.57 Å². The third kappa shape index (κ3) is 3.01. The van der Waals surface area contributed by atoms with Crippen LogP contribution in [0.15, 0.2) is 30.7 Å². The van der Waals surface area contributed by atoms with Crippen molar-refractivity contribution in [1.82, 2.24) is 20.1 Å². The summed E-state index contributed by atoms with van der Waals surface area (Å²) >= 11 is 0. The first kappa shape index (κ1) is 12.9. The van der Waals surface area contributed by atoms with Gasteiger partial charge in [0.1, 0.15) is 12.2 Å². The van der Waals surface area contributed by atoms with E-state index >= 15 is 0 Å². The second-order valence-corrected chi connectivity index (χ2v) is 4.14. The summed E-state index contributed by atoms with van der Waals surface area (Å²) < 4.78 is 1.39. The summed E-state index contributed by atoms with van der Waals surface area (Å²) in [5, 5.41) is 18.0. The van der Waals surface area contributed by atoms with Crippen LogP contribution in [0.5, 0.6) is 0 Å². The molecule has 2 heterocycles. The van der Waals surface area contributed by atoms with Gasteiger partial charge in [-0.05, 0) is 19.1 Å². The summed E-state index contributed by atoms with van der Waals surface area (Å²) in [6.45, 7) is 1.59. The minimum Gasteiger partial charge on any atom is -0.480 e. The van der Waals surface area contributed by atoms with Gasteiger partial charge < -0.3 is 15.0 Å². The number of carboxylic acids is 1. The van der Waals surface area contributed by atoms with Gasteiger partial charge in [-0.2, -0.15) is 5.10 Å². The Morgan fingerprint density at radius 3 is 3.00 bits per heavy atom. The van der Waals surface area contributed by atoms with Crippen molar-refractivity contribution in [3.05, 3.63) is 42.0 Å². The number of aromatic amines is 1. The fraction of sp³-hybridized carbons (Fsp3) is 0.250. The number of aromatic nitrogens is 3. The number of hydrogen-bond acceptors (Lipinski definition) is 3. The van der Waals surface area contributed by atoms with Crippen LogP contribution in [0, 0.1) is 0 Å². The summed E-state index contributed by atoms with van der Waals surface area (Å²) in [6.07, 6.45) is 4.88. The van der Waals surface area contributed by atoms with Crippen LogP contribution in [-0.2, 0) is 11.3 Å². The summed E-state index contributed by atoms with van der Waals surface area (Å²) in [4.78, 5) is 22.7. The maximum Gasteiger partial charge on any atom is 0.323 e. The van der Waals surface area contributed by atoms with Crippen LogP contribution in [0.4, 0.5) is 0 Å². The van der Waals surface area contributed by atoms with Crippen molar-refractivity contribution in [3.63, 3.8) is 0 Å². The van der Waals surface area contributed by atoms with Crippen LogP contribution < -0.4 is 5.32 Å². The van der Waals surface area contributed by atoms with Gasteiger partial charge in [0.2, 0.25) is 0 Å². The molecule has 2 aromatic heterocycles. The van der Waals surface area contributed by atoms with Gasteiger partial charge in [0.05, 0.1) is 12.2 Å². The fourth-order valence-electron chi connectivity index (χ4n) is 1.76. The van der Waals surface area contributed by atoms with Crippen molar-refractivity contribution in [3.8, 4) is 0 Å². The molecule has 0 aliphatic heterocycles. The minimum absolute atomic E-state index is 0.209. The number of aliphatic carboxylic acids is 1. The van der Waals surface area contributed by atoms with E-state index in [9.17, 15) is 9.59 Å². The normalized spacial score (nSPS) is 12.1. The largest absolute Gasteiger partial charge is 0.480 e. The highest BCUT2D eigenvalue weighted by Gasteiger charge is 2.16. The van der Waals surface area contributed by atoms with Gasteiger partial charge in [-0.25, -0.2) is 0 Å². The van der Waals surface area contributed by atoms with Gasteiger partial charge in [0.25, 0.3) is 5.91 Å².